The Labute approximate surface area is 181 Å². The van der Waals surface area contributed by atoms with Crippen molar-refractivity contribution in [3.8, 4) is 11.1 Å². The predicted octanol–water partition coefficient (Wildman–Crippen LogP) is 5.47. The Morgan fingerprint density at radius 1 is 1.00 bits per heavy atom. The van der Waals surface area contributed by atoms with E-state index in [1.165, 1.54) is 0 Å². The van der Waals surface area contributed by atoms with Crippen LogP contribution >= 0.6 is 11.6 Å². The van der Waals surface area contributed by atoms with Crippen molar-refractivity contribution in [2.75, 3.05) is 0 Å². The van der Waals surface area contributed by atoms with Crippen molar-refractivity contribution in [2.24, 2.45) is 0 Å². The third-order valence-electron chi connectivity index (χ3n) is 5.24. The van der Waals surface area contributed by atoms with Crippen molar-refractivity contribution in [3.63, 3.8) is 0 Å². The number of hydrogen-bond donors (Lipinski definition) is 1. The van der Waals surface area contributed by atoms with Crippen LogP contribution in [0.2, 0.25) is 5.15 Å². The van der Waals surface area contributed by atoms with Gasteiger partial charge in [0.05, 0.1) is 17.8 Å². The quantitative estimate of drug-likeness (QED) is 0.493. The molecule has 3 aromatic rings. The van der Waals surface area contributed by atoms with E-state index in [1.807, 2.05) is 37.3 Å². The van der Waals surface area contributed by atoms with E-state index in [4.69, 9.17) is 11.6 Å². The second-order valence-corrected chi connectivity index (χ2v) is 7.77. The van der Waals surface area contributed by atoms with Crippen LogP contribution in [-0.2, 0) is 19.5 Å². The highest BCUT2D eigenvalue weighted by Crippen LogP contribution is 2.25. The summed E-state index contributed by atoms with van der Waals surface area (Å²) in [5.41, 5.74) is 3.56. The normalized spacial score (nSPS) is 11.0. The Morgan fingerprint density at radius 2 is 1.70 bits per heavy atom. The Hall–Kier alpha value is -2.79. The lowest BCUT2D eigenvalue weighted by molar-refractivity contribution is 0.0697. The maximum atomic E-state index is 13.0. The largest absolute Gasteiger partial charge is 0.478 e. The molecular formula is C24H27ClN2O3. The molecule has 0 fully saturated rings. The van der Waals surface area contributed by atoms with Gasteiger partial charge in [0.1, 0.15) is 5.15 Å². The third kappa shape index (κ3) is 4.51. The number of rotatable bonds is 9. The molecule has 1 heterocycles. The van der Waals surface area contributed by atoms with Crippen LogP contribution in [0.25, 0.3) is 11.1 Å². The number of nitrogens with zero attached hydrogens (tertiary/aromatic N) is 2. The number of unbranched alkanes of at least 4 members (excludes halogenated alkanes) is 1. The van der Waals surface area contributed by atoms with Gasteiger partial charge in [-0.05, 0) is 42.0 Å². The van der Waals surface area contributed by atoms with E-state index in [0.29, 0.717) is 23.8 Å². The minimum atomic E-state index is -0.950. The zero-order chi connectivity index (χ0) is 21.7. The summed E-state index contributed by atoms with van der Waals surface area (Å²) in [6, 6.07) is 14.6. The van der Waals surface area contributed by atoms with Crippen molar-refractivity contribution in [2.45, 2.75) is 52.6 Å². The fourth-order valence-electron chi connectivity index (χ4n) is 3.67. The van der Waals surface area contributed by atoms with Crippen molar-refractivity contribution in [1.29, 1.82) is 0 Å². The van der Waals surface area contributed by atoms with Crippen LogP contribution in [0.3, 0.4) is 0 Å². The molecule has 0 aliphatic rings. The number of carboxylic acid groups (broad SMARTS) is 1. The van der Waals surface area contributed by atoms with E-state index < -0.39 is 5.97 Å². The molecule has 0 radical (unpaired) electrons. The standard InChI is InChI=1S/C24H27ClN2O3/c1-3-5-10-21-22(25)26(15-4-2)24(30)27(21)16-17-11-13-18(14-12-17)19-8-6-7-9-20(19)23(28)29/h6-9,11-14H,3-5,10,15-16H2,1-2H3,(H,28,29). The zero-order valence-electron chi connectivity index (χ0n) is 17.4. The van der Waals surface area contributed by atoms with Gasteiger partial charge in [0, 0.05) is 6.54 Å². The molecule has 30 heavy (non-hydrogen) atoms. The molecule has 0 saturated heterocycles. The molecule has 0 aliphatic heterocycles. The lowest BCUT2D eigenvalue weighted by Gasteiger charge is -2.10. The molecule has 0 saturated carbocycles. The van der Waals surface area contributed by atoms with Crippen molar-refractivity contribution >= 4 is 17.6 Å². The van der Waals surface area contributed by atoms with E-state index in [2.05, 4.69) is 6.92 Å². The highest BCUT2D eigenvalue weighted by molar-refractivity contribution is 6.30. The fraction of sp³-hybridized carbons (Fsp3) is 0.333. The molecule has 0 amide bonds. The summed E-state index contributed by atoms with van der Waals surface area (Å²) < 4.78 is 3.43. The average Bonchev–Trinajstić information content (AvgIpc) is 2.97. The molecule has 1 N–H and O–H groups in total. The SMILES string of the molecule is CCCCc1c(Cl)n(CCC)c(=O)n1Cc1ccc(-c2ccccc2C(=O)O)cc1. The first-order chi connectivity index (χ1) is 14.5. The van der Waals surface area contributed by atoms with Gasteiger partial charge in [0.15, 0.2) is 0 Å². The number of hydrogen-bond acceptors (Lipinski definition) is 2. The van der Waals surface area contributed by atoms with Crippen LogP contribution in [0.4, 0.5) is 0 Å². The van der Waals surface area contributed by atoms with Gasteiger partial charge in [-0.25, -0.2) is 9.59 Å². The molecule has 0 atom stereocenters. The van der Waals surface area contributed by atoms with Gasteiger partial charge in [-0.2, -0.15) is 0 Å². The second-order valence-electron chi connectivity index (χ2n) is 7.41. The van der Waals surface area contributed by atoms with Gasteiger partial charge in [-0.15, -0.1) is 0 Å². The predicted molar refractivity (Wildman–Crippen MR) is 121 cm³/mol. The number of carboxylic acids is 1. The van der Waals surface area contributed by atoms with Gasteiger partial charge < -0.3 is 5.11 Å². The highest BCUT2D eigenvalue weighted by Gasteiger charge is 2.18. The monoisotopic (exact) mass is 426 g/mol. The maximum absolute atomic E-state index is 13.0. The summed E-state index contributed by atoms with van der Waals surface area (Å²) in [5, 5.41) is 9.97. The fourth-order valence-corrected chi connectivity index (χ4v) is 4.02. The summed E-state index contributed by atoms with van der Waals surface area (Å²) in [6.45, 7) is 5.19. The average molecular weight is 427 g/mol. The molecule has 2 aromatic carbocycles. The van der Waals surface area contributed by atoms with E-state index in [1.54, 1.807) is 27.3 Å². The van der Waals surface area contributed by atoms with Gasteiger partial charge in [0.25, 0.3) is 0 Å². The van der Waals surface area contributed by atoms with Crippen molar-refractivity contribution in [3.05, 3.63) is 81.0 Å². The lowest BCUT2D eigenvalue weighted by Crippen LogP contribution is -2.25. The lowest BCUT2D eigenvalue weighted by atomic mass is 9.99. The first kappa shape index (κ1) is 21.9. The molecule has 3 rings (SSSR count). The number of imidazole rings is 1. The first-order valence-electron chi connectivity index (χ1n) is 10.4. The zero-order valence-corrected chi connectivity index (χ0v) is 18.2. The summed E-state index contributed by atoms with van der Waals surface area (Å²) in [7, 11) is 0. The first-order valence-corrected chi connectivity index (χ1v) is 10.7. The van der Waals surface area contributed by atoms with Gasteiger partial charge in [0.2, 0.25) is 0 Å². The summed E-state index contributed by atoms with van der Waals surface area (Å²) >= 11 is 6.55. The molecule has 0 spiro atoms. The summed E-state index contributed by atoms with van der Waals surface area (Å²) in [4.78, 5) is 24.5. The van der Waals surface area contributed by atoms with Gasteiger partial charge in [-0.3, -0.25) is 9.13 Å². The van der Waals surface area contributed by atoms with Crippen LogP contribution in [-0.4, -0.2) is 20.2 Å². The molecule has 1 aromatic heterocycles. The van der Waals surface area contributed by atoms with E-state index in [0.717, 1.165) is 42.5 Å². The molecule has 5 nitrogen and oxygen atoms in total. The molecule has 6 heteroatoms. The van der Waals surface area contributed by atoms with Crippen LogP contribution in [0, 0.1) is 0 Å². The molecular weight excluding hydrogens is 400 g/mol. The third-order valence-corrected chi connectivity index (χ3v) is 5.66. The minimum absolute atomic E-state index is 0.0757. The van der Waals surface area contributed by atoms with Crippen LogP contribution in [0.1, 0.15) is 54.7 Å². The summed E-state index contributed by atoms with van der Waals surface area (Å²) in [6.07, 6.45) is 3.61. The smallest absolute Gasteiger partial charge is 0.336 e. The summed E-state index contributed by atoms with van der Waals surface area (Å²) in [5.74, 6) is -0.950. The Morgan fingerprint density at radius 3 is 2.33 bits per heavy atom. The molecule has 0 bridgehead atoms. The highest BCUT2D eigenvalue weighted by atomic mass is 35.5. The molecule has 158 valence electrons. The number of aromatic carboxylic acids is 1. The van der Waals surface area contributed by atoms with Crippen LogP contribution in [0.5, 0.6) is 0 Å². The van der Waals surface area contributed by atoms with Gasteiger partial charge >= 0.3 is 11.7 Å². The topological polar surface area (TPSA) is 64.2 Å². The molecule has 0 unspecified atom stereocenters. The number of aromatic nitrogens is 2. The number of carbonyl (C=O) groups is 1. The van der Waals surface area contributed by atoms with Crippen LogP contribution < -0.4 is 5.69 Å². The Balaban J connectivity index is 1.93. The van der Waals surface area contributed by atoms with Crippen molar-refractivity contribution in [1.82, 2.24) is 9.13 Å². The second kappa shape index (κ2) is 9.81. The number of benzene rings is 2. The van der Waals surface area contributed by atoms with E-state index >= 15 is 0 Å². The minimum Gasteiger partial charge on any atom is -0.478 e. The maximum Gasteiger partial charge on any atom is 0.336 e. The Kier molecular flexibility index (Phi) is 7.16. The number of halogens is 1. The van der Waals surface area contributed by atoms with E-state index in [9.17, 15) is 14.7 Å². The van der Waals surface area contributed by atoms with Gasteiger partial charge in [-0.1, -0.05) is 74.3 Å². The van der Waals surface area contributed by atoms with Crippen LogP contribution in [0.15, 0.2) is 53.3 Å². The van der Waals surface area contributed by atoms with Crippen molar-refractivity contribution < 1.29 is 9.90 Å². The Bertz CT molecular complexity index is 1080. The molecule has 0 aliphatic carbocycles. The van der Waals surface area contributed by atoms with E-state index in [-0.39, 0.29) is 11.3 Å².